The van der Waals surface area contributed by atoms with Crippen molar-refractivity contribution >= 4 is 158 Å². The van der Waals surface area contributed by atoms with Crippen molar-refractivity contribution in [2.45, 2.75) is 211 Å². The van der Waals surface area contributed by atoms with E-state index in [1.54, 1.807) is 20.8 Å². The Bertz CT molecular complexity index is 4220. The summed E-state index contributed by atoms with van der Waals surface area (Å²) in [4.78, 5) is 291. The number of aliphatic carboxylic acids is 2. The Labute approximate surface area is 704 Å². The molecule has 1 aromatic carbocycles. The molecular formula is C75H111N19O27S. The van der Waals surface area contributed by atoms with Crippen LogP contribution in [0, 0.1) is 17.8 Å². The SMILES string of the molecule is CC[C@H](C)[C@H](C)C(=O)NCC(=O)N[C@H]1CSc2[nH]c3cc4c(cc3c2C[C@@H](C(=O)NCC(N)=O)NC(=O)[C@H]([C@@H](C)CC)NC(=O)[C@@H]2C[C@@H](O)CN2C(=O)[C@H](CC(=O)OC)NC1=O)NC(=O)C(C)NC(=O)C(C)NC(=O)CCOCCNC(=O)C(NC(=O)CCC(=O)O)C(NC(=O)CCC(=O)O)C(=O)NCCOCCC(=O)NC(C)C(=O)NC(C)C(=O)N4. The minimum Gasteiger partial charge on any atom is -0.481 e. The first-order valence-corrected chi connectivity index (χ1v) is 40.5. The number of carboxylic acid groups (broad SMARTS) is 2. The Morgan fingerprint density at radius 2 is 1.12 bits per heavy atom. The molecule has 5 rings (SSSR count). The summed E-state index contributed by atoms with van der Waals surface area (Å²) in [5.41, 5.74) is 4.97. The number of esters is 1. The van der Waals surface area contributed by atoms with Crippen molar-refractivity contribution in [1.82, 2.24) is 84.3 Å². The van der Waals surface area contributed by atoms with Gasteiger partial charge in [0, 0.05) is 80.7 Å². The van der Waals surface area contributed by atoms with E-state index in [9.17, 15) is 111 Å². The molecule has 0 aliphatic carbocycles. The second-order valence-corrected chi connectivity index (χ2v) is 30.5. The van der Waals surface area contributed by atoms with Gasteiger partial charge in [-0.25, -0.2) is 0 Å². The van der Waals surface area contributed by atoms with E-state index >= 15 is 4.79 Å². The zero-order valence-corrected chi connectivity index (χ0v) is 70.1. The quantitative estimate of drug-likeness (QED) is 0.0517. The molecule has 0 radical (unpaired) electrons. The van der Waals surface area contributed by atoms with Gasteiger partial charge in [-0.3, -0.25) is 101 Å². The Kier molecular flexibility index (Phi) is 40.3. The van der Waals surface area contributed by atoms with E-state index in [0.717, 1.165) is 23.8 Å². The summed E-state index contributed by atoms with van der Waals surface area (Å²) in [5.74, 6) is -23.5. The molecule has 46 nitrogen and oxygen atoms in total. The average molecular weight is 1740 g/mol. The molecule has 1 aromatic heterocycles. The maximum atomic E-state index is 15.0. The zero-order valence-electron chi connectivity index (χ0n) is 69.2. The smallest absolute Gasteiger partial charge is 0.308 e. The number of benzene rings is 1. The zero-order chi connectivity index (χ0) is 90.9. The molecule has 122 heavy (non-hydrogen) atoms. The fraction of sp³-hybridized carbons (Fsp3) is 0.613. The van der Waals surface area contributed by atoms with E-state index in [1.807, 2.05) is 13.8 Å². The number of rotatable bonds is 21. The van der Waals surface area contributed by atoms with Gasteiger partial charge in [0.2, 0.25) is 106 Å². The number of aliphatic hydroxyl groups is 1. The van der Waals surface area contributed by atoms with E-state index in [2.05, 4.69) is 90.1 Å². The molecule has 47 heteroatoms. The fourth-order valence-electron chi connectivity index (χ4n) is 12.3. The van der Waals surface area contributed by atoms with Gasteiger partial charge in [0.15, 0.2) is 0 Å². The van der Waals surface area contributed by atoms with Crippen LogP contribution in [0.5, 0.6) is 0 Å². The van der Waals surface area contributed by atoms with Gasteiger partial charge in [-0.05, 0) is 57.2 Å². The normalized spacial score (nSPS) is 24.5. The van der Waals surface area contributed by atoms with E-state index in [4.69, 9.17) is 19.9 Å². The number of hydrogen-bond donors (Lipinski definition) is 21. The van der Waals surface area contributed by atoms with Crippen LogP contribution < -0.4 is 90.8 Å². The third-order valence-corrected chi connectivity index (χ3v) is 21.1. The van der Waals surface area contributed by atoms with Crippen LogP contribution in [0.4, 0.5) is 11.4 Å². The van der Waals surface area contributed by atoms with Crippen LogP contribution in [0.3, 0.4) is 0 Å². The Morgan fingerprint density at radius 3 is 1.62 bits per heavy atom. The van der Waals surface area contributed by atoms with E-state index in [1.165, 1.54) is 39.8 Å². The number of aromatic nitrogens is 1. The fourth-order valence-corrected chi connectivity index (χ4v) is 13.4. The molecule has 0 saturated carbocycles. The molecule has 6 unspecified atom stereocenters. The van der Waals surface area contributed by atoms with E-state index in [-0.39, 0.29) is 78.2 Å². The number of nitrogens with one attached hydrogen (secondary N) is 17. The number of fused-ring (bicyclic) bond motifs is 5. The monoisotopic (exact) mass is 1740 g/mol. The minimum atomic E-state index is -1.99. The van der Waals surface area contributed by atoms with E-state index in [0.29, 0.717) is 6.42 Å². The molecular weight excluding hydrogens is 1630 g/mol. The van der Waals surface area contributed by atoms with Gasteiger partial charge in [0.1, 0.15) is 66.5 Å². The number of ether oxygens (including phenoxy) is 3. The molecule has 3 aliphatic heterocycles. The molecule has 18 amide bonds. The highest BCUT2D eigenvalue weighted by molar-refractivity contribution is 7.99. The van der Waals surface area contributed by atoms with Gasteiger partial charge in [-0.2, -0.15) is 0 Å². The summed E-state index contributed by atoms with van der Waals surface area (Å²) < 4.78 is 15.9. The lowest BCUT2D eigenvalue weighted by Crippen LogP contribution is -2.64. The molecule has 15 atom stereocenters. The van der Waals surface area contributed by atoms with Gasteiger partial charge in [0.25, 0.3) is 0 Å². The first-order chi connectivity index (χ1) is 57.6. The van der Waals surface area contributed by atoms with Crippen LogP contribution >= 0.6 is 11.8 Å². The second-order valence-electron chi connectivity index (χ2n) is 29.5. The summed E-state index contributed by atoms with van der Waals surface area (Å²) >= 11 is 0.755. The second kappa shape index (κ2) is 48.9. The van der Waals surface area contributed by atoms with Crippen molar-refractivity contribution in [3.63, 3.8) is 0 Å². The number of amides is 18. The van der Waals surface area contributed by atoms with E-state index < -0.39 is 298 Å². The number of nitrogens with zero attached hydrogens (tertiary/aromatic N) is 1. The maximum absolute atomic E-state index is 15.0. The van der Waals surface area contributed by atoms with Crippen molar-refractivity contribution in [2.75, 3.05) is 82.6 Å². The summed E-state index contributed by atoms with van der Waals surface area (Å²) in [7, 11) is 0.997. The van der Waals surface area contributed by atoms with Gasteiger partial charge in [-0.1, -0.05) is 47.5 Å². The molecule has 674 valence electrons. The number of thioether (sulfide) groups is 1. The molecule has 2 aromatic rings. The lowest BCUT2D eigenvalue weighted by molar-refractivity contribution is -0.148. The standard InChI is InChI=1S/C75H111N19O27S/c1-11-34(3)36(5)63(107)80-31-56(101)85-49-33-122-74-43(27-47(68(112)79-30-51(76)96)88-73(117)60(35(4)12-2)93-70(114)50-25-41(95)32-94(50)75(118)48(89-69(49)113)29-59(106)119-10)42-26-45-46(28-44(42)90-74)87-67(111)40(9)84-65(109)38(7)82-55(100)18-22-121-24-20-78-72(116)62(92-53(98)14-16-58(104)105)61(91-52(97)13-15-57(102)103)71(115)77-19-23-120-21-17-54(99)81-37(6)64(108)83-39(8)66(110)86-45/h26,28,34-41,47-50,60-62,90,95H,11-25,27,29-33H2,1-10H3,(H2,76,96)(H,77,115)(H,78,116)(H,79,112)(H,80,107)(H,81,99)(H,82,100)(H,83,108)(H,84,109)(H,85,101)(H,86,110)(H,87,111)(H,88,117)(H,89,113)(H,91,97)(H,92,98)(H,93,114)(H,102,103)(H,104,105)/t34-,35-,36-,37?,38?,39?,40?,41+,47-,48-,49-,50-,60-,61?,62?/m0/s1. The van der Waals surface area contributed by atoms with Crippen LogP contribution in [0.15, 0.2) is 17.2 Å². The lowest BCUT2D eigenvalue weighted by atomic mass is 9.93. The summed E-state index contributed by atoms with van der Waals surface area (Å²) in [6, 6.07) is -15.8. The van der Waals surface area contributed by atoms with Crippen LogP contribution in [-0.4, -0.2) is 294 Å². The number of carboxylic acids is 2. The van der Waals surface area contributed by atoms with Crippen LogP contribution in [-0.2, 0) is 121 Å². The number of carbonyl (C=O) groups excluding carboxylic acids is 19. The number of hydrogen-bond acceptors (Lipinski definition) is 26. The summed E-state index contributed by atoms with van der Waals surface area (Å²) in [6.07, 6.45) is -6.19. The maximum Gasteiger partial charge on any atom is 0.308 e. The largest absolute Gasteiger partial charge is 0.481 e. The summed E-state index contributed by atoms with van der Waals surface area (Å²) in [6.45, 7) is 9.35. The molecule has 0 spiro atoms. The third kappa shape index (κ3) is 31.8. The Morgan fingerprint density at radius 1 is 0.598 bits per heavy atom. The van der Waals surface area contributed by atoms with Crippen LogP contribution in [0.1, 0.15) is 132 Å². The Hall–Kier alpha value is -12.1. The number of aromatic amines is 1. The molecule has 22 N–H and O–H groups in total. The van der Waals surface area contributed by atoms with Crippen LogP contribution in [0.25, 0.3) is 10.9 Å². The highest BCUT2D eigenvalue weighted by Gasteiger charge is 2.45. The van der Waals surface area contributed by atoms with Crippen molar-refractivity contribution in [2.24, 2.45) is 23.5 Å². The molecule has 3 aliphatic rings. The van der Waals surface area contributed by atoms with Crippen molar-refractivity contribution in [3.05, 3.63) is 17.7 Å². The highest BCUT2D eigenvalue weighted by atomic mass is 32.2. The van der Waals surface area contributed by atoms with Crippen molar-refractivity contribution < 1.29 is 130 Å². The minimum absolute atomic E-state index is 0.0112. The lowest BCUT2D eigenvalue weighted by Gasteiger charge is -2.31. The molecule has 1 saturated heterocycles. The molecule has 4 heterocycles. The van der Waals surface area contributed by atoms with Gasteiger partial charge >= 0.3 is 17.9 Å². The highest BCUT2D eigenvalue weighted by Crippen LogP contribution is 2.37. The first-order valence-electron chi connectivity index (χ1n) is 39.5. The van der Waals surface area contributed by atoms with Crippen molar-refractivity contribution in [1.29, 1.82) is 0 Å². The molecule has 0 bridgehead atoms. The van der Waals surface area contributed by atoms with Crippen molar-refractivity contribution in [3.8, 4) is 0 Å². The predicted octanol–water partition coefficient (Wildman–Crippen LogP) is -6.62. The summed E-state index contributed by atoms with van der Waals surface area (Å²) in [5, 5.41) is 69.1. The van der Waals surface area contributed by atoms with Gasteiger partial charge < -0.3 is 130 Å². The number of anilines is 2. The molecule has 1 fully saturated rings. The number of carbonyl (C=O) groups is 21. The number of primary amides is 1. The Balaban J connectivity index is 1.64. The average Bonchev–Trinajstić information content (AvgIpc) is 1.62. The van der Waals surface area contributed by atoms with Gasteiger partial charge in [0.05, 0.1) is 88.4 Å². The number of H-pyrrole nitrogens is 1. The van der Waals surface area contributed by atoms with Crippen LogP contribution in [0.2, 0.25) is 0 Å². The topological polar surface area (TPSA) is 684 Å². The number of methoxy groups -OCH3 is 1. The number of aliphatic hydroxyl groups excluding tert-OH is 1. The predicted molar refractivity (Wildman–Crippen MR) is 429 cm³/mol. The first kappa shape index (κ1) is 100. The van der Waals surface area contributed by atoms with Gasteiger partial charge in [-0.15, -0.1) is 11.8 Å². The third-order valence-electron chi connectivity index (χ3n) is 20.0. The number of nitrogens with two attached hydrogens (primary N) is 1.